The molecule has 6 nitrogen and oxygen atoms in total. The van der Waals surface area contributed by atoms with Gasteiger partial charge in [-0.2, -0.15) is 0 Å². The second-order valence-corrected chi connectivity index (χ2v) is 6.07. The fraction of sp³-hybridized carbons (Fsp3) is 0.250. The predicted molar refractivity (Wildman–Crippen MR) is 93.6 cm³/mol. The van der Waals surface area contributed by atoms with Crippen molar-refractivity contribution in [1.29, 1.82) is 0 Å². The molecule has 0 fully saturated rings. The molecule has 2 rings (SSSR count). The number of carbonyl (C=O) groups excluding carboxylic acids is 2. The van der Waals surface area contributed by atoms with Crippen LogP contribution in [-0.2, 0) is 20.7 Å². The number of hydrogen-bond donors (Lipinski definition) is 1. The molecule has 0 aliphatic carbocycles. The highest BCUT2D eigenvalue weighted by molar-refractivity contribution is 14.1. The van der Waals surface area contributed by atoms with E-state index in [1.54, 1.807) is 19.1 Å². The molecule has 0 aliphatic rings. The fourth-order valence-electron chi connectivity index (χ4n) is 1.98. The maximum Gasteiger partial charge on any atom is 0.318 e. The summed E-state index contributed by atoms with van der Waals surface area (Å²) in [5.74, 6) is -3.02. The Labute approximate surface area is 152 Å². The molecule has 0 radical (unpaired) electrons. The Bertz CT molecular complexity index is 728. The van der Waals surface area contributed by atoms with Crippen LogP contribution >= 0.6 is 22.6 Å². The van der Waals surface area contributed by atoms with Gasteiger partial charge in [-0.3, -0.25) is 9.59 Å². The second kappa shape index (κ2) is 8.67. The summed E-state index contributed by atoms with van der Waals surface area (Å²) >= 11 is 1.96. The van der Waals surface area contributed by atoms with Gasteiger partial charge in [0.1, 0.15) is 18.1 Å². The molecule has 0 bridgehead atoms. The standard InChI is InChI=1S/C16H15FIN3O3/c1-2-24-16(23)12(8-11-5-6-19-9-20-11)15(22)21-14-4-3-10(18)7-13(14)17/h3-7,9,12H,2,8H2,1H3,(H,21,22)/t12-/m1/s1. The molecule has 0 saturated heterocycles. The molecular weight excluding hydrogens is 428 g/mol. The number of benzene rings is 1. The first-order valence-electron chi connectivity index (χ1n) is 7.18. The van der Waals surface area contributed by atoms with Crippen molar-refractivity contribution >= 4 is 40.2 Å². The summed E-state index contributed by atoms with van der Waals surface area (Å²) in [6.45, 7) is 1.79. The van der Waals surface area contributed by atoms with Crippen LogP contribution in [-0.4, -0.2) is 28.5 Å². The van der Waals surface area contributed by atoms with E-state index in [0.29, 0.717) is 9.26 Å². The van der Waals surface area contributed by atoms with Gasteiger partial charge in [-0.05, 0) is 53.8 Å². The minimum atomic E-state index is -1.13. The minimum absolute atomic E-state index is 0.0115. The number of rotatable bonds is 6. The number of nitrogens with zero attached hydrogens (tertiary/aromatic N) is 2. The number of carbonyl (C=O) groups is 2. The Morgan fingerprint density at radius 3 is 2.79 bits per heavy atom. The van der Waals surface area contributed by atoms with E-state index in [2.05, 4.69) is 15.3 Å². The van der Waals surface area contributed by atoms with Crippen molar-refractivity contribution in [3.63, 3.8) is 0 Å². The molecular formula is C16H15FIN3O3. The van der Waals surface area contributed by atoms with Crippen LogP contribution < -0.4 is 5.32 Å². The molecule has 0 aliphatic heterocycles. The van der Waals surface area contributed by atoms with E-state index in [4.69, 9.17) is 4.74 Å². The molecule has 0 spiro atoms. The van der Waals surface area contributed by atoms with Crippen molar-refractivity contribution in [1.82, 2.24) is 9.97 Å². The highest BCUT2D eigenvalue weighted by atomic mass is 127. The van der Waals surface area contributed by atoms with Crippen LogP contribution in [0.15, 0.2) is 36.8 Å². The third kappa shape index (κ3) is 4.95. The zero-order valence-electron chi connectivity index (χ0n) is 12.8. The van der Waals surface area contributed by atoms with Gasteiger partial charge >= 0.3 is 5.97 Å². The molecule has 8 heteroatoms. The zero-order valence-corrected chi connectivity index (χ0v) is 15.0. The van der Waals surface area contributed by atoms with Gasteiger partial charge in [0, 0.05) is 21.9 Å². The van der Waals surface area contributed by atoms with E-state index in [9.17, 15) is 14.0 Å². The number of anilines is 1. The molecule has 1 aromatic heterocycles. The number of halogens is 2. The van der Waals surface area contributed by atoms with Crippen molar-refractivity contribution < 1.29 is 18.7 Å². The maximum absolute atomic E-state index is 13.9. The molecule has 1 amide bonds. The largest absolute Gasteiger partial charge is 0.465 e. The van der Waals surface area contributed by atoms with E-state index in [1.807, 2.05) is 22.6 Å². The Morgan fingerprint density at radius 2 is 2.17 bits per heavy atom. The highest BCUT2D eigenvalue weighted by Gasteiger charge is 2.29. The van der Waals surface area contributed by atoms with Crippen molar-refractivity contribution in [2.75, 3.05) is 11.9 Å². The fourth-order valence-corrected chi connectivity index (χ4v) is 2.44. The third-order valence-corrected chi connectivity index (χ3v) is 3.80. The molecule has 126 valence electrons. The Kier molecular flexibility index (Phi) is 6.59. The molecule has 0 saturated carbocycles. The predicted octanol–water partition coefficient (Wildman–Crippen LogP) is 2.58. The van der Waals surface area contributed by atoms with Crippen molar-refractivity contribution in [3.8, 4) is 0 Å². The average molecular weight is 443 g/mol. The van der Waals surface area contributed by atoms with Gasteiger partial charge < -0.3 is 10.1 Å². The number of amides is 1. The lowest BCUT2D eigenvalue weighted by molar-refractivity contribution is -0.150. The first kappa shape index (κ1) is 18.2. The van der Waals surface area contributed by atoms with Crippen LogP contribution in [0, 0.1) is 15.3 Å². The number of nitrogens with one attached hydrogen (secondary N) is 1. The van der Waals surface area contributed by atoms with Crippen molar-refractivity contribution in [3.05, 3.63) is 51.9 Å². The van der Waals surface area contributed by atoms with Crippen LogP contribution in [0.25, 0.3) is 0 Å². The van der Waals surface area contributed by atoms with E-state index < -0.39 is 23.6 Å². The Hall–Kier alpha value is -2.10. The number of hydrogen-bond acceptors (Lipinski definition) is 5. The van der Waals surface area contributed by atoms with E-state index >= 15 is 0 Å². The lowest BCUT2D eigenvalue weighted by atomic mass is 10.0. The van der Waals surface area contributed by atoms with Crippen LogP contribution in [0.5, 0.6) is 0 Å². The second-order valence-electron chi connectivity index (χ2n) is 4.82. The summed E-state index contributed by atoms with van der Waals surface area (Å²) in [4.78, 5) is 32.3. The van der Waals surface area contributed by atoms with Gasteiger partial charge in [-0.25, -0.2) is 14.4 Å². The van der Waals surface area contributed by atoms with Crippen LogP contribution in [0.2, 0.25) is 0 Å². The molecule has 24 heavy (non-hydrogen) atoms. The first-order chi connectivity index (χ1) is 11.5. The monoisotopic (exact) mass is 443 g/mol. The summed E-state index contributed by atoms with van der Waals surface area (Å²) < 4.78 is 19.5. The Balaban J connectivity index is 2.18. The Morgan fingerprint density at radius 1 is 1.38 bits per heavy atom. The first-order valence-corrected chi connectivity index (χ1v) is 8.26. The molecule has 2 aromatic rings. The molecule has 1 heterocycles. The smallest absolute Gasteiger partial charge is 0.318 e. The summed E-state index contributed by atoms with van der Waals surface area (Å²) in [5.41, 5.74) is 0.527. The highest BCUT2D eigenvalue weighted by Crippen LogP contribution is 2.19. The lowest BCUT2D eigenvalue weighted by Crippen LogP contribution is -2.33. The quantitative estimate of drug-likeness (QED) is 0.422. The summed E-state index contributed by atoms with van der Waals surface area (Å²) in [7, 11) is 0. The van der Waals surface area contributed by atoms with E-state index in [1.165, 1.54) is 24.7 Å². The summed E-state index contributed by atoms with van der Waals surface area (Å²) in [6.07, 6.45) is 2.88. The topological polar surface area (TPSA) is 81.2 Å². The van der Waals surface area contributed by atoms with Crippen LogP contribution in [0.3, 0.4) is 0 Å². The van der Waals surface area contributed by atoms with Crippen LogP contribution in [0.4, 0.5) is 10.1 Å². The van der Waals surface area contributed by atoms with Gasteiger partial charge in [0.25, 0.3) is 0 Å². The zero-order chi connectivity index (χ0) is 17.5. The minimum Gasteiger partial charge on any atom is -0.465 e. The van der Waals surface area contributed by atoms with Crippen LogP contribution in [0.1, 0.15) is 12.6 Å². The lowest BCUT2D eigenvalue weighted by Gasteiger charge is -2.15. The average Bonchev–Trinajstić information content (AvgIpc) is 2.56. The van der Waals surface area contributed by atoms with Gasteiger partial charge in [0.2, 0.25) is 5.91 Å². The molecule has 1 N–H and O–H groups in total. The van der Waals surface area contributed by atoms with Crippen molar-refractivity contribution in [2.45, 2.75) is 13.3 Å². The van der Waals surface area contributed by atoms with E-state index in [0.717, 1.165) is 0 Å². The van der Waals surface area contributed by atoms with E-state index in [-0.39, 0.29) is 18.7 Å². The van der Waals surface area contributed by atoms with Gasteiger partial charge in [0.05, 0.1) is 12.3 Å². The summed E-state index contributed by atoms with van der Waals surface area (Å²) in [5, 5.41) is 2.44. The molecule has 1 aromatic carbocycles. The SMILES string of the molecule is CCOC(=O)[C@H](Cc1ccncn1)C(=O)Nc1ccc(I)cc1F. The maximum atomic E-state index is 13.9. The number of aromatic nitrogens is 2. The molecule has 0 unspecified atom stereocenters. The normalized spacial score (nSPS) is 11.6. The van der Waals surface area contributed by atoms with Gasteiger partial charge in [-0.15, -0.1) is 0 Å². The van der Waals surface area contributed by atoms with Gasteiger partial charge in [0.15, 0.2) is 0 Å². The number of ether oxygens (including phenoxy) is 1. The third-order valence-electron chi connectivity index (χ3n) is 3.13. The van der Waals surface area contributed by atoms with Crippen molar-refractivity contribution in [2.24, 2.45) is 5.92 Å². The summed E-state index contributed by atoms with van der Waals surface area (Å²) in [6, 6.07) is 6.00. The molecule has 1 atom stereocenters. The van der Waals surface area contributed by atoms with Gasteiger partial charge in [-0.1, -0.05) is 0 Å². The number of esters is 1.